The van der Waals surface area contributed by atoms with Gasteiger partial charge in [0.15, 0.2) is 6.61 Å². The minimum atomic E-state index is -0.581. The van der Waals surface area contributed by atoms with E-state index in [9.17, 15) is 9.59 Å². The van der Waals surface area contributed by atoms with Crippen LogP contribution in [0, 0.1) is 6.92 Å². The van der Waals surface area contributed by atoms with Gasteiger partial charge in [-0.15, -0.1) is 0 Å². The summed E-state index contributed by atoms with van der Waals surface area (Å²) in [4.78, 5) is 23.4. The molecule has 0 bridgehead atoms. The number of nitrogens with one attached hydrogen (secondary N) is 1. The molecule has 1 amide bonds. The zero-order valence-corrected chi connectivity index (χ0v) is 13.3. The number of rotatable bonds is 5. The molecule has 0 radical (unpaired) electrons. The first-order valence-electron chi connectivity index (χ1n) is 7.01. The number of carbonyl (C=O) groups is 2. The van der Waals surface area contributed by atoms with E-state index in [1.807, 2.05) is 31.2 Å². The lowest BCUT2D eigenvalue weighted by Gasteiger charge is -2.06. The normalized spacial score (nSPS) is 10.5. The smallest absolute Gasteiger partial charge is 0.331 e. The SMILES string of the molecule is Cc1ccccc1/C=C/C(=O)OCC(=O)Nc1ccccc1Cl. The van der Waals surface area contributed by atoms with E-state index in [1.165, 1.54) is 6.08 Å². The second kappa shape index (κ2) is 8.15. The monoisotopic (exact) mass is 329 g/mol. The van der Waals surface area contributed by atoms with Crippen LogP contribution in [-0.4, -0.2) is 18.5 Å². The standard InChI is InChI=1S/C18H16ClNO3/c1-13-6-2-3-7-14(13)10-11-18(22)23-12-17(21)20-16-9-5-4-8-15(16)19/h2-11H,12H2,1H3,(H,20,21)/b11-10+. The molecule has 0 saturated carbocycles. The van der Waals surface area contributed by atoms with E-state index >= 15 is 0 Å². The fourth-order valence-electron chi connectivity index (χ4n) is 1.87. The maximum Gasteiger partial charge on any atom is 0.331 e. The van der Waals surface area contributed by atoms with Crippen molar-refractivity contribution in [1.82, 2.24) is 0 Å². The van der Waals surface area contributed by atoms with Crippen LogP contribution in [0.15, 0.2) is 54.6 Å². The third-order valence-electron chi connectivity index (χ3n) is 3.08. The quantitative estimate of drug-likeness (QED) is 0.669. The number of hydrogen-bond acceptors (Lipinski definition) is 3. The highest BCUT2D eigenvalue weighted by atomic mass is 35.5. The molecule has 0 unspecified atom stereocenters. The molecule has 2 aromatic carbocycles. The first-order valence-corrected chi connectivity index (χ1v) is 7.39. The average molecular weight is 330 g/mol. The third kappa shape index (κ3) is 5.27. The molecule has 0 aromatic heterocycles. The zero-order chi connectivity index (χ0) is 16.7. The van der Waals surface area contributed by atoms with E-state index in [4.69, 9.17) is 16.3 Å². The van der Waals surface area contributed by atoms with E-state index in [1.54, 1.807) is 30.3 Å². The molecule has 0 saturated heterocycles. The summed E-state index contributed by atoms with van der Waals surface area (Å²) in [5.41, 5.74) is 2.45. The van der Waals surface area contributed by atoms with Gasteiger partial charge in [0.1, 0.15) is 0 Å². The fourth-order valence-corrected chi connectivity index (χ4v) is 2.05. The minimum absolute atomic E-state index is 0.373. The molecule has 0 aliphatic carbocycles. The van der Waals surface area contributed by atoms with E-state index in [-0.39, 0.29) is 6.61 Å². The van der Waals surface area contributed by atoms with Crippen molar-refractivity contribution in [2.75, 3.05) is 11.9 Å². The van der Waals surface area contributed by atoms with Crippen LogP contribution in [0.25, 0.3) is 6.08 Å². The number of ether oxygens (including phenoxy) is 1. The Morgan fingerprint density at radius 1 is 1.13 bits per heavy atom. The number of amides is 1. The Bertz CT molecular complexity index is 741. The highest BCUT2D eigenvalue weighted by molar-refractivity contribution is 6.33. The molecule has 4 nitrogen and oxygen atoms in total. The van der Waals surface area contributed by atoms with Gasteiger partial charge in [0.25, 0.3) is 5.91 Å². The van der Waals surface area contributed by atoms with Crippen LogP contribution in [-0.2, 0) is 14.3 Å². The molecule has 2 rings (SSSR count). The fraction of sp³-hybridized carbons (Fsp3) is 0.111. The molecule has 118 valence electrons. The molecule has 0 atom stereocenters. The summed E-state index contributed by atoms with van der Waals surface area (Å²) in [7, 11) is 0. The molecule has 0 aliphatic rings. The number of para-hydroxylation sites is 1. The van der Waals surface area contributed by atoms with Crippen LogP contribution in [0.5, 0.6) is 0 Å². The topological polar surface area (TPSA) is 55.4 Å². The maximum absolute atomic E-state index is 11.7. The predicted molar refractivity (Wildman–Crippen MR) is 91.3 cm³/mol. The lowest BCUT2D eigenvalue weighted by atomic mass is 10.1. The van der Waals surface area contributed by atoms with E-state index in [0.717, 1.165) is 11.1 Å². The summed E-state index contributed by atoms with van der Waals surface area (Å²) in [6, 6.07) is 14.5. The van der Waals surface area contributed by atoms with Gasteiger partial charge < -0.3 is 10.1 Å². The number of aryl methyl sites for hydroxylation is 1. The van der Waals surface area contributed by atoms with Crippen LogP contribution in [0.2, 0.25) is 5.02 Å². The van der Waals surface area contributed by atoms with Crippen molar-refractivity contribution >= 4 is 35.2 Å². The maximum atomic E-state index is 11.7. The molecule has 0 heterocycles. The van der Waals surface area contributed by atoms with Crippen LogP contribution in [0.1, 0.15) is 11.1 Å². The Kier molecular flexibility index (Phi) is 5.94. The van der Waals surface area contributed by atoms with E-state index in [0.29, 0.717) is 10.7 Å². The molecule has 0 aliphatic heterocycles. The van der Waals surface area contributed by atoms with Gasteiger partial charge in [0.2, 0.25) is 0 Å². The molecule has 5 heteroatoms. The Labute approximate surface area is 139 Å². The van der Waals surface area contributed by atoms with Gasteiger partial charge in [0.05, 0.1) is 10.7 Å². The van der Waals surface area contributed by atoms with Crippen LogP contribution in [0.4, 0.5) is 5.69 Å². The molecule has 0 spiro atoms. The molecule has 23 heavy (non-hydrogen) atoms. The van der Waals surface area contributed by atoms with Crippen LogP contribution in [0.3, 0.4) is 0 Å². The van der Waals surface area contributed by atoms with Gasteiger partial charge in [-0.2, -0.15) is 0 Å². The number of benzene rings is 2. The summed E-state index contributed by atoms with van der Waals surface area (Å²) in [6.07, 6.45) is 2.95. The number of carbonyl (C=O) groups excluding carboxylic acids is 2. The van der Waals surface area contributed by atoms with Gasteiger partial charge in [-0.1, -0.05) is 48.0 Å². The second-order valence-corrected chi connectivity index (χ2v) is 5.23. The Morgan fingerprint density at radius 3 is 2.57 bits per heavy atom. The van der Waals surface area contributed by atoms with Gasteiger partial charge >= 0.3 is 5.97 Å². The summed E-state index contributed by atoms with van der Waals surface area (Å²) in [6.45, 7) is 1.57. The molecular formula is C18H16ClNO3. The Morgan fingerprint density at radius 2 is 1.83 bits per heavy atom. The van der Waals surface area contributed by atoms with Gasteiger partial charge in [-0.3, -0.25) is 4.79 Å². The first-order chi connectivity index (χ1) is 11.1. The number of hydrogen-bond donors (Lipinski definition) is 1. The third-order valence-corrected chi connectivity index (χ3v) is 3.41. The van der Waals surface area contributed by atoms with Gasteiger partial charge in [0, 0.05) is 6.08 Å². The Hall–Kier alpha value is -2.59. The Balaban J connectivity index is 1.83. The highest BCUT2D eigenvalue weighted by Gasteiger charge is 2.07. The molecule has 1 N–H and O–H groups in total. The summed E-state index contributed by atoms with van der Waals surface area (Å²) >= 11 is 5.93. The first kappa shape index (κ1) is 16.8. The van der Waals surface area contributed by atoms with E-state index < -0.39 is 11.9 Å². The molecular weight excluding hydrogens is 314 g/mol. The van der Waals surface area contributed by atoms with Crippen LogP contribution < -0.4 is 5.32 Å². The molecule has 0 fully saturated rings. The van der Waals surface area contributed by atoms with Crippen molar-refractivity contribution in [2.24, 2.45) is 0 Å². The van der Waals surface area contributed by atoms with Crippen molar-refractivity contribution < 1.29 is 14.3 Å². The van der Waals surface area contributed by atoms with Crippen molar-refractivity contribution in [3.8, 4) is 0 Å². The number of halogens is 1. The van der Waals surface area contributed by atoms with Crippen LogP contribution >= 0.6 is 11.6 Å². The predicted octanol–water partition coefficient (Wildman–Crippen LogP) is 3.84. The van der Waals surface area contributed by atoms with Crippen molar-refractivity contribution in [3.63, 3.8) is 0 Å². The summed E-state index contributed by atoms with van der Waals surface area (Å²) < 4.78 is 4.90. The van der Waals surface area contributed by atoms with E-state index in [2.05, 4.69) is 5.32 Å². The van der Waals surface area contributed by atoms with Gasteiger partial charge in [-0.05, 0) is 36.3 Å². The summed E-state index contributed by atoms with van der Waals surface area (Å²) in [5, 5.41) is 3.00. The summed E-state index contributed by atoms with van der Waals surface area (Å²) in [5.74, 6) is -1.03. The number of anilines is 1. The molecule has 2 aromatic rings. The largest absolute Gasteiger partial charge is 0.452 e. The zero-order valence-electron chi connectivity index (χ0n) is 12.6. The van der Waals surface area contributed by atoms with Crippen molar-refractivity contribution in [2.45, 2.75) is 6.92 Å². The highest BCUT2D eigenvalue weighted by Crippen LogP contribution is 2.20. The van der Waals surface area contributed by atoms with Crippen molar-refractivity contribution in [1.29, 1.82) is 0 Å². The lowest BCUT2D eigenvalue weighted by molar-refractivity contribution is -0.142. The lowest BCUT2D eigenvalue weighted by Crippen LogP contribution is -2.20. The minimum Gasteiger partial charge on any atom is -0.452 e. The number of esters is 1. The average Bonchev–Trinajstić information content (AvgIpc) is 2.54. The van der Waals surface area contributed by atoms with Gasteiger partial charge in [-0.25, -0.2) is 4.79 Å². The van der Waals surface area contributed by atoms with Crippen molar-refractivity contribution in [3.05, 3.63) is 70.8 Å². The second-order valence-electron chi connectivity index (χ2n) is 4.83.